The molecule has 0 bridgehead atoms. The van der Waals surface area contributed by atoms with Gasteiger partial charge in [0.2, 0.25) is 13.3 Å². The van der Waals surface area contributed by atoms with Crippen molar-refractivity contribution in [3.63, 3.8) is 0 Å². The maximum atomic E-state index is 13.2. The highest BCUT2D eigenvalue weighted by Gasteiger charge is 2.33. The molecule has 2 unspecified atom stereocenters. The third-order valence-electron chi connectivity index (χ3n) is 4.34. The van der Waals surface area contributed by atoms with Gasteiger partial charge in [-0.3, -0.25) is 9.36 Å². The zero-order valence-electron chi connectivity index (χ0n) is 16.2. The number of benzene rings is 2. The molecule has 0 fully saturated rings. The van der Waals surface area contributed by atoms with Gasteiger partial charge in [0.1, 0.15) is 11.5 Å². The van der Waals surface area contributed by atoms with Gasteiger partial charge in [0.15, 0.2) is 0 Å². The minimum absolute atomic E-state index is 0.0119. The number of hydrogen-bond acceptors (Lipinski definition) is 3. The maximum absolute atomic E-state index is 13.2. The number of anilines is 1. The van der Waals surface area contributed by atoms with Crippen molar-refractivity contribution in [2.24, 2.45) is 0 Å². The van der Waals surface area contributed by atoms with E-state index >= 15 is 0 Å². The van der Waals surface area contributed by atoms with E-state index in [0.29, 0.717) is 16.1 Å². The first kappa shape index (κ1) is 22.9. The van der Waals surface area contributed by atoms with Crippen molar-refractivity contribution in [1.29, 1.82) is 0 Å². The van der Waals surface area contributed by atoms with Crippen LogP contribution in [0.4, 0.5) is 10.1 Å². The van der Waals surface area contributed by atoms with Crippen LogP contribution >= 0.6 is 19.0 Å². The molecule has 154 valence electrons. The highest BCUT2D eigenvalue weighted by molar-refractivity contribution is 7.59. The normalized spacial score (nSPS) is 14.2. The Hall–Kier alpha value is -2.40. The fourth-order valence-electron chi connectivity index (χ4n) is 2.77. The van der Waals surface area contributed by atoms with Gasteiger partial charge >= 0.3 is 0 Å². The molecule has 0 heterocycles. The quantitative estimate of drug-likeness (QED) is 0.591. The predicted octanol–water partition coefficient (Wildman–Crippen LogP) is 4.66. The van der Waals surface area contributed by atoms with Gasteiger partial charge in [-0.25, -0.2) is 4.39 Å². The Morgan fingerprint density at radius 2 is 2.10 bits per heavy atom. The number of carbonyl (C=O) groups excluding carboxylic acids is 1. The Bertz CT molecular complexity index is 974. The van der Waals surface area contributed by atoms with E-state index in [9.17, 15) is 18.6 Å². The summed E-state index contributed by atoms with van der Waals surface area (Å²) in [5, 5.41) is 2.97. The molecule has 5 nitrogen and oxygen atoms in total. The number of rotatable bonds is 8. The van der Waals surface area contributed by atoms with Gasteiger partial charge in [0.25, 0.3) is 0 Å². The molecule has 0 saturated heterocycles. The fourth-order valence-corrected chi connectivity index (χ4v) is 4.01. The first-order valence-corrected chi connectivity index (χ1v) is 11.3. The third-order valence-corrected chi connectivity index (χ3v) is 6.15. The molecule has 2 atom stereocenters. The van der Waals surface area contributed by atoms with Crippen LogP contribution < -0.4 is 10.2 Å². The molecule has 2 aromatic carbocycles. The molecule has 0 aliphatic carbocycles. The molecular formula is C21H23ClFN2O3P. The van der Waals surface area contributed by atoms with E-state index in [1.807, 2.05) is 0 Å². The van der Waals surface area contributed by atoms with Crippen molar-refractivity contribution in [2.75, 3.05) is 18.6 Å². The molecule has 2 N–H and O–H groups in total. The molecule has 0 aliphatic rings. The topological polar surface area (TPSA) is 69.6 Å². The van der Waals surface area contributed by atoms with Crippen molar-refractivity contribution in [1.82, 2.24) is 5.32 Å². The average molecular weight is 437 g/mol. The van der Waals surface area contributed by atoms with E-state index < -0.39 is 24.8 Å². The number of hydrogen-bond donors (Lipinski definition) is 2. The summed E-state index contributed by atoms with van der Waals surface area (Å²) in [6, 6.07) is 11.0. The number of amides is 1. The van der Waals surface area contributed by atoms with Crippen LogP contribution in [0.1, 0.15) is 11.1 Å². The van der Waals surface area contributed by atoms with E-state index in [2.05, 4.69) is 11.9 Å². The van der Waals surface area contributed by atoms with Crippen molar-refractivity contribution < 1.29 is 18.6 Å². The summed E-state index contributed by atoms with van der Waals surface area (Å²) >= 11 is 6.09. The van der Waals surface area contributed by atoms with Crippen LogP contribution in [0.2, 0.25) is 5.02 Å². The number of carbonyl (C=O) groups is 1. The van der Waals surface area contributed by atoms with Gasteiger partial charge in [0, 0.05) is 30.6 Å². The standard InChI is InChI=1S/C21H23ClFN2O3P/c1-4-25(2)19-9-8-17(22)13-16(19)14-20(29(3,27)28)21(26)24-11-10-15-6-5-7-18(23)12-15/h4-13,20H,1,14H2,2-3H3,(H,24,26)(H,27,28)/b11-10+. The van der Waals surface area contributed by atoms with Crippen LogP contribution in [0.5, 0.6) is 0 Å². The van der Waals surface area contributed by atoms with Gasteiger partial charge in [-0.2, -0.15) is 0 Å². The van der Waals surface area contributed by atoms with Crippen LogP contribution in [0.15, 0.2) is 61.4 Å². The summed E-state index contributed by atoms with van der Waals surface area (Å²) in [4.78, 5) is 24.6. The Balaban J connectivity index is 2.24. The molecule has 0 aliphatic heterocycles. The van der Waals surface area contributed by atoms with Crippen molar-refractivity contribution >= 4 is 36.6 Å². The number of nitrogens with zero attached hydrogens (tertiary/aromatic N) is 1. The molecule has 1 amide bonds. The Kier molecular flexibility index (Phi) is 7.80. The maximum Gasteiger partial charge on any atom is 0.237 e. The van der Waals surface area contributed by atoms with Crippen LogP contribution in [0.25, 0.3) is 6.08 Å². The molecule has 8 heteroatoms. The predicted molar refractivity (Wildman–Crippen MR) is 117 cm³/mol. The molecule has 2 aromatic rings. The van der Waals surface area contributed by atoms with Crippen molar-refractivity contribution in [2.45, 2.75) is 12.1 Å². The SMILES string of the molecule is C=CN(C)c1ccc(Cl)cc1CC(C(=O)N/C=C/c1cccc(F)c1)P(C)(=O)O. The van der Waals surface area contributed by atoms with E-state index in [0.717, 1.165) is 12.4 Å². The Morgan fingerprint density at radius 3 is 2.72 bits per heavy atom. The van der Waals surface area contributed by atoms with Gasteiger partial charge in [-0.1, -0.05) is 30.3 Å². The lowest BCUT2D eigenvalue weighted by molar-refractivity contribution is -0.119. The molecular weight excluding hydrogens is 414 g/mol. The number of nitrogens with one attached hydrogen (secondary N) is 1. The summed E-state index contributed by atoms with van der Waals surface area (Å²) in [5.74, 6) is -1.01. The lowest BCUT2D eigenvalue weighted by Crippen LogP contribution is -2.33. The zero-order chi connectivity index (χ0) is 21.6. The lowest BCUT2D eigenvalue weighted by Gasteiger charge is -2.23. The van der Waals surface area contributed by atoms with Gasteiger partial charge in [0.05, 0.1) is 0 Å². The summed E-state index contributed by atoms with van der Waals surface area (Å²) < 4.78 is 25.7. The third kappa shape index (κ3) is 6.57. The second-order valence-corrected chi connectivity index (χ2v) is 9.57. The van der Waals surface area contributed by atoms with Crippen molar-refractivity contribution in [3.8, 4) is 0 Å². The summed E-state index contributed by atoms with van der Waals surface area (Å²) in [6.45, 7) is 4.86. The molecule has 29 heavy (non-hydrogen) atoms. The number of halogens is 2. The van der Waals surface area contributed by atoms with Crippen molar-refractivity contribution in [3.05, 3.63) is 83.4 Å². The highest BCUT2D eigenvalue weighted by atomic mass is 35.5. The van der Waals surface area contributed by atoms with Gasteiger partial charge in [-0.05, 0) is 60.2 Å². The summed E-state index contributed by atoms with van der Waals surface area (Å²) in [5.41, 5.74) is 0.738. The van der Waals surface area contributed by atoms with E-state index in [4.69, 9.17) is 11.6 Å². The molecule has 0 saturated carbocycles. The van der Waals surface area contributed by atoms with Crippen LogP contribution in [0.3, 0.4) is 0 Å². The smallest absolute Gasteiger partial charge is 0.237 e. The minimum Gasteiger partial charge on any atom is -0.351 e. The Labute approximate surface area is 175 Å². The van der Waals surface area contributed by atoms with Crippen LogP contribution in [-0.4, -0.2) is 30.2 Å². The first-order chi connectivity index (χ1) is 13.6. The monoisotopic (exact) mass is 436 g/mol. The second kappa shape index (κ2) is 9.88. The van der Waals surface area contributed by atoms with E-state index in [1.165, 1.54) is 24.4 Å². The van der Waals surface area contributed by atoms with Gasteiger partial charge < -0.3 is 15.1 Å². The molecule has 0 radical (unpaired) electrons. The van der Waals surface area contributed by atoms with Crippen LogP contribution in [-0.2, 0) is 15.8 Å². The minimum atomic E-state index is -3.78. The summed E-state index contributed by atoms with van der Waals surface area (Å²) in [7, 11) is -2.01. The largest absolute Gasteiger partial charge is 0.351 e. The van der Waals surface area contributed by atoms with E-state index in [1.54, 1.807) is 48.5 Å². The molecule has 0 spiro atoms. The molecule has 0 aromatic heterocycles. The van der Waals surface area contributed by atoms with Crippen LogP contribution in [0, 0.1) is 5.82 Å². The lowest BCUT2D eigenvalue weighted by atomic mass is 10.1. The summed E-state index contributed by atoms with van der Waals surface area (Å²) in [6.07, 6.45) is 4.44. The fraction of sp³-hybridized carbons (Fsp3) is 0.190. The van der Waals surface area contributed by atoms with E-state index in [-0.39, 0.29) is 6.42 Å². The Morgan fingerprint density at radius 1 is 1.38 bits per heavy atom. The van der Waals surface area contributed by atoms with Gasteiger partial charge in [-0.15, -0.1) is 0 Å². The highest BCUT2D eigenvalue weighted by Crippen LogP contribution is 2.44. The average Bonchev–Trinajstić information content (AvgIpc) is 2.64. The molecule has 2 rings (SSSR count). The second-order valence-electron chi connectivity index (χ2n) is 6.63. The first-order valence-electron chi connectivity index (χ1n) is 8.78. The zero-order valence-corrected chi connectivity index (χ0v) is 17.8.